The molecule has 1 N–H and O–H groups in total. The van der Waals surface area contributed by atoms with Crippen molar-refractivity contribution in [3.63, 3.8) is 0 Å². The van der Waals surface area contributed by atoms with Crippen LogP contribution in [0.4, 0.5) is 0 Å². The van der Waals surface area contributed by atoms with Crippen molar-refractivity contribution in [1.82, 2.24) is 19.8 Å². The summed E-state index contributed by atoms with van der Waals surface area (Å²) in [4.78, 5) is 31.5. The number of benzene rings is 2. The molecule has 1 atom stereocenters. The van der Waals surface area contributed by atoms with Crippen molar-refractivity contribution in [1.29, 1.82) is 0 Å². The second-order valence-corrected chi connectivity index (χ2v) is 7.66. The van der Waals surface area contributed by atoms with E-state index >= 15 is 0 Å². The zero-order valence-electron chi connectivity index (χ0n) is 17.5. The summed E-state index contributed by atoms with van der Waals surface area (Å²) >= 11 is 0. The number of nitrogens with one attached hydrogen (secondary N) is 1. The van der Waals surface area contributed by atoms with E-state index in [9.17, 15) is 9.59 Å². The highest BCUT2D eigenvalue weighted by atomic mass is 16.1. The molecule has 1 amide bonds. The van der Waals surface area contributed by atoms with Crippen molar-refractivity contribution < 1.29 is 4.79 Å². The molecule has 6 heteroatoms. The third kappa shape index (κ3) is 4.90. The molecule has 0 saturated carbocycles. The maximum Gasteiger partial charge on any atom is 0.261 e. The molecular weight excluding hydrogens is 364 g/mol. The van der Waals surface area contributed by atoms with Crippen LogP contribution in [-0.2, 0) is 11.3 Å². The number of carbonyl (C=O) groups is 1. The lowest BCUT2D eigenvalue weighted by Gasteiger charge is -2.25. The lowest BCUT2D eigenvalue weighted by molar-refractivity contribution is -0.121. The molecule has 6 nitrogen and oxygen atoms in total. The van der Waals surface area contributed by atoms with E-state index in [1.54, 1.807) is 6.07 Å². The molecule has 152 valence electrons. The van der Waals surface area contributed by atoms with Crippen LogP contribution in [0.15, 0.2) is 53.6 Å². The van der Waals surface area contributed by atoms with Gasteiger partial charge in [0.15, 0.2) is 0 Å². The largest absolute Gasteiger partial charge is 0.354 e. The molecule has 0 fully saturated rings. The zero-order chi connectivity index (χ0) is 21.0. The van der Waals surface area contributed by atoms with Crippen molar-refractivity contribution in [3.05, 3.63) is 75.8 Å². The Kier molecular flexibility index (Phi) is 6.44. The van der Waals surface area contributed by atoms with Gasteiger partial charge in [0.2, 0.25) is 5.91 Å². The van der Waals surface area contributed by atoms with Gasteiger partial charge in [-0.25, -0.2) is 4.98 Å². The van der Waals surface area contributed by atoms with Crippen LogP contribution >= 0.6 is 0 Å². The molecule has 29 heavy (non-hydrogen) atoms. The monoisotopic (exact) mass is 392 g/mol. The molecular formula is C23H28N4O2. The third-order valence-corrected chi connectivity index (χ3v) is 5.21. The van der Waals surface area contributed by atoms with Crippen LogP contribution < -0.4 is 10.9 Å². The molecule has 0 saturated heterocycles. The van der Waals surface area contributed by atoms with Gasteiger partial charge >= 0.3 is 0 Å². The van der Waals surface area contributed by atoms with Gasteiger partial charge in [-0.15, -0.1) is 0 Å². The van der Waals surface area contributed by atoms with Gasteiger partial charge in [0, 0.05) is 19.5 Å². The van der Waals surface area contributed by atoms with Crippen LogP contribution in [0, 0.1) is 13.8 Å². The molecule has 0 aliphatic heterocycles. The van der Waals surface area contributed by atoms with E-state index in [4.69, 9.17) is 0 Å². The Morgan fingerprint density at radius 3 is 2.55 bits per heavy atom. The van der Waals surface area contributed by atoms with E-state index in [1.807, 2.05) is 33.2 Å². The highest BCUT2D eigenvalue weighted by Crippen LogP contribution is 2.18. The van der Waals surface area contributed by atoms with Gasteiger partial charge in [-0.3, -0.25) is 14.2 Å². The number of hydrogen-bond donors (Lipinski definition) is 1. The number of hydrogen-bond acceptors (Lipinski definition) is 4. The Labute approximate surface area is 171 Å². The molecule has 1 aromatic heterocycles. The normalized spacial score (nSPS) is 12.3. The minimum Gasteiger partial charge on any atom is -0.354 e. The average molecular weight is 393 g/mol. The number of para-hydroxylation sites is 1. The SMILES string of the molecule is Cc1ccc(C(CNC(=O)CCn2cnc3c(C)cccc3c2=O)N(C)C)cc1. The van der Waals surface area contributed by atoms with Crippen LogP contribution in [0.3, 0.4) is 0 Å². The standard InChI is InChI=1S/C23H28N4O2/c1-16-8-10-18(11-9-16)20(26(3)4)14-24-21(28)12-13-27-15-25-22-17(2)6-5-7-19(22)23(27)29/h5-11,15,20H,12-14H2,1-4H3,(H,24,28). The Bertz CT molecular complexity index is 1050. The number of rotatable bonds is 7. The first kappa shape index (κ1) is 20.7. The maximum atomic E-state index is 12.6. The molecule has 0 spiro atoms. The molecule has 0 bridgehead atoms. The minimum absolute atomic E-state index is 0.0831. The molecule has 3 rings (SSSR count). The van der Waals surface area contributed by atoms with Crippen molar-refractivity contribution in [2.75, 3.05) is 20.6 Å². The number of carbonyl (C=O) groups excluding carboxylic acids is 1. The first-order chi connectivity index (χ1) is 13.9. The average Bonchev–Trinajstić information content (AvgIpc) is 2.69. The van der Waals surface area contributed by atoms with Crippen molar-refractivity contribution in [3.8, 4) is 0 Å². The number of amides is 1. The van der Waals surface area contributed by atoms with E-state index in [0.717, 1.165) is 11.1 Å². The highest BCUT2D eigenvalue weighted by molar-refractivity contribution is 5.80. The first-order valence-corrected chi connectivity index (χ1v) is 9.81. The number of aromatic nitrogens is 2. The molecule has 0 aliphatic rings. The van der Waals surface area contributed by atoms with E-state index < -0.39 is 0 Å². The van der Waals surface area contributed by atoms with Crippen molar-refractivity contribution in [2.24, 2.45) is 0 Å². The second kappa shape index (κ2) is 9.01. The van der Waals surface area contributed by atoms with E-state index in [0.29, 0.717) is 24.0 Å². The van der Waals surface area contributed by atoms with E-state index in [-0.39, 0.29) is 23.9 Å². The lowest BCUT2D eigenvalue weighted by Crippen LogP contribution is -2.35. The van der Waals surface area contributed by atoms with Crippen molar-refractivity contribution >= 4 is 16.8 Å². The molecule has 0 aliphatic carbocycles. The summed E-state index contributed by atoms with van der Waals surface area (Å²) in [6, 6.07) is 14.0. The van der Waals surface area contributed by atoms with E-state index in [2.05, 4.69) is 46.4 Å². The quantitative estimate of drug-likeness (QED) is 0.671. The highest BCUT2D eigenvalue weighted by Gasteiger charge is 2.15. The summed E-state index contributed by atoms with van der Waals surface area (Å²) in [5, 5.41) is 3.58. The van der Waals surface area contributed by atoms with Gasteiger partial charge in [0.25, 0.3) is 5.56 Å². The lowest BCUT2D eigenvalue weighted by atomic mass is 10.0. The van der Waals surface area contributed by atoms with Gasteiger partial charge in [-0.05, 0) is 45.1 Å². The Morgan fingerprint density at radius 1 is 1.14 bits per heavy atom. The smallest absolute Gasteiger partial charge is 0.261 e. The number of fused-ring (bicyclic) bond motifs is 1. The second-order valence-electron chi connectivity index (χ2n) is 7.66. The van der Waals surface area contributed by atoms with Crippen LogP contribution in [0.25, 0.3) is 10.9 Å². The third-order valence-electron chi connectivity index (χ3n) is 5.21. The van der Waals surface area contributed by atoms with Crippen LogP contribution in [0.5, 0.6) is 0 Å². The number of aryl methyl sites for hydroxylation is 3. The van der Waals surface area contributed by atoms with Crippen LogP contribution in [0.1, 0.15) is 29.2 Å². The van der Waals surface area contributed by atoms with Crippen LogP contribution in [0.2, 0.25) is 0 Å². The zero-order valence-corrected chi connectivity index (χ0v) is 17.5. The summed E-state index contributed by atoms with van der Waals surface area (Å²) in [6.07, 6.45) is 1.76. The molecule has 3 aromatic rings. The number of nitrogens with zero attached hydrogens (tertiary/aromatic N) is 3. The van der Waals surface area contributed by atoms with E-state index in [1.165, 1.54) is 16.5 Å². The Hall–Kier alpha value is -2.99. The topological polar surface area (TPSA) is 67.2 Å². The molecule has 0 radical (unpaired) electrons. The fourth-order valence-electron chi connectivity index (χ4n) is 3.40. The Morgan fingerprint density at radius 2 is 1.86 bits per heavy atom. The Balaban J connectivity index is 1.62. The minimum atomic E-state index is -0.114. The predicted molar refractivity (Wildman–Crippen MR) is 116 cm³/mol. The van der Waals surface area contributed by atoms with Gasteiger partial charge in [0.1, 0.15) is 0 Å². The summed E-state index contributed by atoms with van der Waals surface area (Å²) in [5.41, 5.74) is 3.93. The van der Waals surface area contributed by atoms with Gasteiger partial charge in [-0.2, -0.15) is 0 Å². The van der Waals surface area contributed by atoms with Gasteiger partial charge in [0.05, 0.1) is 23.3 Å². The predicted octanol–water partition coefficient (Wildman–Crippen LogP) is 2.82. The molecule has 1 unspecified atom stereocenters. The fourth-order valence-corrected chi connectivity index (χ4v) is 3.40. The molecule has 2 aromatic carbocycles. The first-order valence-electron chi connectivity index (χ1n) is 9.81. The summed E-state index contributed by atoms with van der Waals surface area (Å²) in [7, 11) is 4.00. The number of likely N-dealkylation sites (N-methyl/N-ethyl adjacent to an activating group) is 1. The summed E-state index contributed by atoms with van der Waals surface area (Å²) < 4.78 is 1.50. The maximum absolute atomic E-state index is 12.6. The van der Waals surface area contributed by atoms with Crippen molar-refractivity contribution in [2.45, 2.75) is 32.9 Å². The van der Waals surface area contributed by atoms with Gasteiger partial charge < -0.3 is 10.2 Å². The fraction of sp³-hybridized carbons (Fsp3) is 0.348. The van der Waals surface area contributed by atoms with Gasteiger partial charge in [-0.1, -0.05) is 42.0 Å². The summed E-state index contributed by atoms with van der Waals surface area (Å²) in [5.74, 6) is -0.0831. The van der Waals surface area contributed by atoms with Crippen LogP contribution in [-0.4, -0.2) is 41.0 Å². The molecule has 1 heterocycles. The summed E-state index contributed by atoms with van der Waals surface area (Å²) in [6.45, 7) is 4.81.